The van der Waals surface area contributed by atoms with E-state index in [9.17, 15) is 14.4 Å². The van der Waals surface area contributed by atoms with E-state index < -0.39 is 36.1 Å². The van der Waals surface area contributed by atoms with Gasteiger partial charge in [0.2, 0.25) is 0 Å². The van der Waals surface area contributed by atoms with Gasteiger partial charge in [-0.1, -0.05) is 0 Å². The summed E-state index contributed by atoms with van der Waals surface area (Å²) in [6, 6.07) is 0. The van der Waals surface area contributed by atoms with E-state index in [0.29, 0.717) is 0 Å². The molecular formula is C8H6O8. The molecule has 8 heteroatoms. The summed E-state index contributed by atoms with van der Waals surface area (Å²) >= 11 is 0. The Morgan fingerprint density at radius 3 is 2.00 bits per heavy atom. The van der Waals surface area contributed by atoms with Gasteiger partial charge in [0.25, 0.3) is 5.79 Å². The largest absolute Gasteiger partial charge is 0.425 e. The topological polar surface area (TPSA) is 97.4 Å². The molecule has 0 aromatic carbocycles. The van der Waals surface area contributed by atoms with E-state index in [1.165, 1.54) is 0 Å². The first-order valence-electron chi connectivity index (χ1n) is 4.51. The summed E-state index contributed by atoms with van der Waals surface area (Å²) in [5.74, 6) is -5.07. The van der Waals surface area contributed by atoms with Gasteiger partial charge in [-0.2, -0.15) is 0 Å². The average Bonchev–Trinajstić information content (AvgIpc) is 2.27. The number of rotatable bonds is 0. The van der Waals surface area contributed by atoms with Crippen LogP contribution in [-0.2, 0) is 38.4 Å². The number of hydrogen-bond donors (Lipinski definition) is 0. The van der Waals surface area contributed by atoms with Crippen LogP contribution in [0.5, 0.6) is 0 Å². The SMILES string of the molecule is O=C1COC2(CC(=O)O2)C2(CC(=O)O2)OO1. The van der Waals surface area contributed by atoms with Crippen molar-refractivity contribution in [3.05, 3.63) is 0 Å². The van der Waals surface area contributed by atoms with Gasteiger partial charge in [0, 0.05) is 0 Å². The molecule has 2 atom stereocenters. The van der Waals surface area contributed by atoms with Crippen molar-refractivity contribution in [3.63, 3.8) is 0 Å². The molecule has 0 N–H and O–H groups in total. The third-order valence-corrected chi connectivity index (χ3v) is 2.58. The van der Waals surface area contributed by atoms with E-state index in [4.69, 9.17) is 19.1 Å². The van der Waals surface area contributed by atoms with Crippen LogP contribution in [0.1, 0.15) is 12.8 Å². The van der Waals surface area contributed by atoms with Crippen molar-refractivity contribution < 1.29 is 38.4 Å². The van der Waals surface area contributed by atoms with E-state index in [1.54, 1.807) is 0 Å². The fraction of sp³-hybridized carbons (Fsp3) is 0.625. The van der Waals surface area contributed by atoms with Crippen molar-refractivity contribution in [2.45, 2.75) is 24.4 Å². The van der Waals surface area contributed by atoms with Gasteiger partial charge in [-0.15, -0.1) is 4.89 Å². The zero-order chi connectivity index (χ0) is 11.4. The number of fused-ring (bicyclic) bond motifs is 1. The molecule has 0 aliphatic carbocycles. The van der Waals surface area contributed by atoms with Crippen molar-refractivity contribution in [2.24, 2.45) is 0 Å². The first kappa shape index (κ1) is 9.55. The maximum atomic E-state index is 10.9. The Labute approximate surface area is 88.3 Å². The molecule has 3 heterocycles. The van der Waals surface area contributed by atoms with Crippen LogP contribution >= 0.6 is 0 Å². The van der Waals surface area contributed by atoms with Crippen molar-refractivity contribution in [2.75, 3.05) is 6.61 Å². The summed E-state index contributed by atoms with van der Waals surface area (Å²) in [5, 5.41) is 0. The van der Waals surface area contributed by atoms with Gasteiger partial charge in [0.15, 0.2) is 6.61 Å². The van der Waals surface area contributed by atoms with E-state index >= 15 is 0 Å². The third-order valence-electron chi connectivity index (χ3n) is 2.58. The molecular weight excluding hydrogens is 224 g/mol. The summed E-state index contributed by atoms with van der Waals surface area (Å²) < 4.78 is 14.7. The Morgan fingerprint density at radius 1 is 0.875 bits per heavy atom. The number of esters is 2. The summed E-state index contributed by atoms with van der Waals surface area (Å²) in [6.45, 7) is -0.438. The Bertz CT molecular complexity index is 347. The number of carbonyl (C=O) groups excluding carboxylic acids is 3. The molecule has 0 saturated carbocycles. The van der Waals surface area contributed by atoms with Gasteiger partial charge in [0.05, 0.1) is 0 Å². The van der Waals surface area contributed by atoms with Gasteiger partial charge < -0.3 is 14.2 Å². The first-order valence-corrected chi connectivity index (χ1v) is 4.51. The molecule has 3 aliphatic heterocycles. The molecule has 3 saturated heterocycles. The summed E-state index contributed by atoms with van der Waals surface area (Å²) in [7, 11) is 0. The molecule has 2 spiro atoms. The van der Waals surface area contributed by atoms with Crippen LogP contribution < -0.4 is 0 Å². The molecule has 0 amide bonds. The van der Waals surface area contributed by atoms with Gasteiger partial charge >= 0.3 is 23.7 Å². The zero-order valence-corrected chi connectivity index (χ0v) is 7.89. The maximum absolute atomic E-state index is 10.9. The van der Waals surface area contributed by atoms with Crippen LogP contribution in [0.2, 0.25) is 0 Å². The quantitative estimate of drug-likeness (QED) is 0.377. The molecule has 2 unspecified atom stereocenters. The van der Waals surface area contributed by atoms with Crippen LogP contribution in [0.4, 0.5) is 0 Å². The normalized spacial score (nSPS) is 41.6. The number of hydrogen-bond acceptors (Lipinski definition) is 8. The van der Waals surface area contributed by atoms with Gasteiger partial charge in [0.1, 0.15) is 12.8 Å². The second kappa shape index (κ2) is 2.71. The first-order chi connectivity index (χ1) is 7.55. The van der Waals surface area contributed by atoms with Gasteiger partial charge in [-0.05, 0) is 0 Å². The number of carbonyl (C=O) groups is 3. The van der Waals surface area contributed by atoms with Crippen LogP contribution in [0.3, 0.4) is 0 Å². The summed E-state index contributed by atoms with van der Waals surface area (Å²) in [5.41, 5.74) is 0. The summed E-state index contributed by atoms with van der Waals surface area (Å²) in [4.78, 5) is 41.7. The predicted octanol–water partition coefficient (Wildman–Crippen LogP) is -1.22. The lowest BCUT2D eigenvalue weighted by Crippen LogP contribution is -2.72. The molecule has 0 bridgehead atoms. The predicted molar refractivity (Wildman–Crippen MR) is 40.0 cm³/mol. The highest BCUT2D eigenvalue weighted by atomic mass is 17.3. The molecule has 86 valence electrons. The maximum Gasteiger partial charge on any atom is 0.368 e. The molecule has 3 fully saturated rings. The van der Waals surface area contributed by atoms with Crippen molar-refractivity contribution in [1.29, 1.82) is 0 Å². The fourth-order valence-electron chi connectivity index (χ4n) is 1.77. The second-order valence-electron chi connectivity index (χ2n) is 3.63. The second-order valence-corrected chi connectivity index (χ2v) is 3.63. The van der Waals surface area contributed by atoms with Crippen molar-refractivity contribution in [3.8, 4) is 0 Å². The van der Waals surface area contributed by atoms with Crippen LogP contribution in [0, 0.1) is 0 Å². The monoisotopic (exact) mass is 230 g/mol. The summed E-state index contributed by atoms with van der Waals surface area (Å²) in [6.07, 6.45) is -0.357. The highest BCUT2D eigenvalue weighted by molar-refractivity contribution is 5.82. The third kappa shape index (κ3) is 1.02. The van der Waals surface area contributed by atoms with Gasteiger partial charge in [-0.3, -0.25) is 14.5 Å². The smallest absolute Gasteiger partial charge is 0.368 e. The Hall–Kier alpha value is -1.67. The van der Waals surface area contributed by atoms with Crippen LogP contribution in [-0.4, -0.2) is 36.1 Å². The van der Waals surface area contributed by atoms with Gasteiger partial charge in [-0.25, -0.2) is 4.79 Å². The molecule has 3 aliphatic rings. The average molecular weight is 230 g/mol. The molecule has 8 nitrogen and oxygen atoms in total. The molecule has 0 aromatic heterocycles. The van der Waals surface area contributed by atoms with Crippen molar-refractivity contribution in [1.82, 2.24) is 0 Å². The molecule has 16 heavy (non-hydrogen) atoms. The minimum atomic E-state index is -1.65. The fourth-order valence-corrected chi connectivity index (χ4v) is 1.77. The lowest BCUT2D eigenvalue weighted by molar-refractivity contribution is -0.487. The van der Waals surface area contributed by atoms with E-state index in [1.807, 2.05) is 0 Å². The van der Waals surface area contributed by atoms with E-state index in [-0.39, 0.29) is 12.8 Å². The minimum Gasteiger partial charge on any atom is -0.425 e. The molecule has 0 aromatic rings. The Balaban J connectivity index is 1.90. The molecule has 3 rings (SSSR count). The Morgan fingerprint density at radius 2 is 1.44 bits per heavy atom. The molecule has 0 radical (unpaired) electrons. The minimum absolute atomic E-state index is 0.156. The number of ether oxygens (including phenoxy) is 3. The lowest BCUT2D eigenvalue weighted by Gasteiger charge is -2.51. The zero-order valence-electron chi connectivity index (χ0n) is 7.89. The van der Waals surface area contributed by atoms with Crippen molar-refractivity contribution >= 4 is 17.9 Å². The lowest BCUT2D eigenvalue weighted by atomic mass is 9.91. The van der Waals surface area contributed by atoms with Crippen LogP contribution in [0.15, 0.2) is 0 Å². The van der Waals surface area contributed by atoms with E-state index in [0.717, 1.165) is 0 Å². The highest BCUT2D eigenvalue weighted by Gasteiger charge is 2.74. The standard InChI is InChI=1S/C8H6O8/c9-4-1-7(13-4)8(2-5(10)14-8)16-15-6(11)3-12-7/h1-3H2. The van der Waals surface area contributed by atoms with Crippen LogP contribution in [0.25, 0.3) is 0 Å². The highest BCUT2D eigenvalue weighted by Crippen LogP contribution is 2.50. The van der Waals surface area contributed by atoms with E-state index in [2.05, 4.69) is 4.89 Å². The Kier molecular flexibility index (Phi) is 1.62.